The molecule has 1 N–H and O–H groups in total. The van der Waals surface area contributed by atoms with Gasteiger partial charge in [0.1, 0.15) is 13.2 Å². The predicted molar refractivity (Wildman–Crippen MR) is 84.5 cm³/mol. The third-order valence-electron chi connectivity index (χ3n) is 2.71. The summed E-state index contributed by atoms with van der Waals surface area (Å²) in [6, 6.07) is 6.03. The third-order valence-corrected chi connectivity index (χ3v) is 5.06. The fraction of sp³-hybridized carbons (Fsp3) is 0.231. The fourth-order valence-electron chi connectivity index (χ4n) is 1.83. The molecule has 100 valence electrons. The van der Waals surface area contributed by atoms with Crippen LogP contribution in [-0.2, 0) is 6.54 Å². The standard InChI is InChI=1S/C13H11Br2NO2S/c14-8-3-9(19-7-8)6-16-11-5-13-12(4-10(11)15)17-1-2-18-13/h3-5,7,16H,1-2,6H2. The lowest BCUT2D eigenvalue weighted by Gasteiger charge is -2.20. The zero-order valence-corrected chi connectivity index (χ0v) is 13.9. The van der Waals surface area contributed by atoms with Crippen molar-refractivity contribution in [3.63, 3.8) is 0 Å². The summed E-state index contributed by atoms with van der Waals surface area (Å²) in [6.45, 7) is 2.00. The highest BCUT2D eigenvalue weighted by Gasteiger charge is 2.14. The smallest absolute Gasteiger partial charge is 0.163 e. The molecular formula is C13H11Br2NO2S. The van der Waals surface area contributed by atoms with Crippen LogP contribution in [0, 0.1) is 0 Å². The summed E-state index contributed by atoms with van der Waals surface area (Å²) >= 11 is 8.73. The van der Waals surface area contributed by atoms with Crippen LogP contribution >= 0.6 is 43.2 Å². The zero-order valence-electron chi connectivity index (χ0n) is 9.91. The van der Waals surface area contributed by atoms with Gasteiger partial charge >= 0.3 is 0 Å². The Morgan fingerprint density at radius 3 is 2.53 bits per heavy atom. The number of hydrogen-bond donors (Lipinski definition) is 1. The number of fused-ring (bicyclic) bond motifs is 1. The molecule has 0 atom stereocenters. The Morgan fingerprint density at radius 2 is 1.84 bits per heavy atom. The first kappa shape index (κ1) is 13.3. The van der Waals surface area contributed by atoms with E-state index in [0.717, 1.165) is 32.7 Å². The Balaban J connectivity index is 1.77. The molecule has 0 saturated carbocycles. The van der Waals surface area contributed by atoms with Crippen LogP contribution < -0.4 is 14.8 Å². The van der Waals surface area contributed by atoms with E-state index in [0.29, 0.717) is 13.2 Å². The van der Waals surface area contributed by atoms with E-state index in [1.54, 1.807) is 11.3 Å². The van der Waals surface area contributed by atoms with Crippen LogP contribution in [0.3, 0.4) is 0 Å². The zero-order chi connectivity index (χ0) is 13.2. The van der Waals surface area contributed by atoms with E-state index in [1.807, 2.05) is 12.1 Å². The highest BCUT2D eigenvalue weighted by molar-refractivity contribution is 9.10. The minimum Gasteiger partial charge on any atom is -0.486 e. The molecule has 0 fully saturated rings. The second-order valence-corrected chi connectivity index (χ2v) is 6.83. The van der Waals surface area contributed by atoms with Crippen LogP contribution in [0.1, 0.15) is 4.88 Å². The Bertz CT molecular complexity index is 600. The highest BCUT2D eigenvalue weighted by Crippen LogP contribution is 2.38. The summed E-state index contributed by atoms with van der Waals surface area (Å²) < 4.78 is 13.2. The lowest BCUT2D eigenvalue weighted by molar-refractivity contribution is 0.171. The summed E-state index contributed by atoms with van der Waals surface area (Å²) in [4.78, 5) is 1.27. The van der Waals surface area contributed by atoms with Gasteiger partial charge in [0.05, 0.1) is 5.69 Å². The van der Waals surface area contributed by atoms with Crippen molar-refractivity contribution in [1.29, 1.82) is 0 Å². The van der Waals surface area contributed by atoms with Crippen molar-refractivity contribution in [2.24, 2.45) is 0 Å². The number of benzene rings is 1. The summed E-state index contributed by atoms with van der Waals surface area (Å²) in [6.07, 6.45) is 0. The molecule has 0 spiro atoms. The molecule has 0 bridgehead atoms. The minimum atomic E-state index is 0.603. The average Bonchev–Trinajstić information content (AvgIpc) is 2.82. The van der Waals surface area contributed by atoms with Crippen LogP contribution in [0.25, 0.3) is 0 Å². The molecule has 3 nitrogen and oxygen atoms in total. The fourth-order valence-corrected chi connectivity index (χ4v) is 3.68. The lowest BCUT2D eigenvalue weighted by Crippen LogP contribution is -2.15. The number of halogens is 2. The molecule has 0 aliphatic carbocycles. The van der Waals surface area contributed by atoms with Gasteiger partial charge in [-0.15, -0.1) is 11.3 Å². The van der Waals surface area contributed by atoms with Gasteiger partial charge in [-0.05, 0) is 37.9 Å². The van der Waals surface area contributed by atoms with E-state index in [4.69, 9.17) is 9.47 Å². The van der Waals surface area contributed by atoms with Crippen molar-refractivity contribution in [3.05, 3.63) is 37.4 Å². The second kappa shape index (κ2) is 5.73. The van der Waals surface area contributed by atoms with Crippen molar-refractivity contribution in [2.75, 3.05) is 18.5 Å². The Labute approximate surface area is 132 Å². The van der Waals surface area contributed by atoms with Crippen LogP contribution in [0.15, 0.2) is 32.5 Å². The van der Waals surface area contributed by atoms with Gasteiger partial charge in [-0.2, -0.15) is 0 Å². The molecule has 0 unspecified atom stereocenters. The normalized spacial score (nSPS) is 13.4. The largest absolute Gasteiger partial charge is 0.486 e. The highest BCUT2D eigenvalue weighted by atomic mass is 79.9. The van der Waals surface area contributed by atoms with Crippen LogP contribution in [0.2, 0.25) is 0 Å². The number of nitrogens with one attached hydrogen (secondary N) is 1. The molecule has 19 heavy (non-hydrogen) atoms. The summed E-state index contributed by atoms with van der Waals surface area (Å²) in [5, 5.41) is 5.48. The van der Waals surface area contributed by atoms with Crippen molar-refractivity contribution in [2.45, 2.75) is 6.54 Å². The average molecular weight is 405 g/mol. The van der Waals surface area contributed by atoms with E-state index in [2.05, 4.69) is 48.6 Å². The summed E-state index contributed by atoms with van der Waals surface area (Å²) in [5.74, 6) is 1.59. The Kier molecular flexibility index (Phi) is 4.00. The van der Waals surface area contributed by atoms with Crippen LogP contribution in [-0.4, -0.2) is 13.2 Å². The third kappa shape index (κ3) is 3.07. The number of thiophene rings is 1. The van der Waals surface area contributed by atoms with E-state index in [9.17, 15) is 0 Å². The lowest BCUT2D eigenvalue weighted by atomic mass is 10.2. The Hall–Kier alpha value is -0.720. The maximum atomic E-state index is 5.58. The quantitative estimate of drug-likeness (QED) is 0.807. The maximum absolute atomic E-state index is 5.58. The van der Waals surface area contributed by atoms with Crippen LogP contribution in [0.5, 0.6) is 11.5 Å². The van der Waals surface area contributed by atoms with Gasteiger partial charge < -0.3 is 14.8 Å². The molecule has 2 aromatic rings. The van der Waals surface area contributed by atoms with Crippen molar-refractivity contribution in [1.82, 2.24) is 0 Å². The molecular weight excluding hydrogens is 394 g/mol. The Morgan fingerprint density at radius 1 is 1.11 bits per heavy atom. The first-order valence-electron chi connectivity index (χ1n) is 5.78. The van der Waals surface area contributed by atoms with E-state index in [-0.39, 0.29) is 0 Å². The molecule has 0 radical (unpaired) electrons. The molecule has 3 rings (SSSR count). The molecule has 6 heteroatoms. The molecule has 1 aromatic carbocycles. The molecule has 2 heterocycles. The van der Waals surface area contributed by atoms with Crippen molar-refractivity contribution >= 4 is 48.9 Å². The second-order valence-electron chi connectivity index (χ2n) is 4.06. The van der Waals surface area contributed by atoms with E-state index in [1.165, 1.54) is 4.88 Å². The predicted octanol–water partition coefficient (Wildman–Crippen LogP) is 4.66. The number of ether oxygens (including phenoxy) is 2. The van der Waals surface area contributed by atoms with Gasteiger partial charge in [-0.1, -0.05) is 0 Å². The van der Waals surface area contributed by atoms with E-state index < -0.39 is 0 Å². The van der Waals surface area contributed by atoms with Gasteiger partial charge in [0.2, 0.25) is 0 Å². The number of anilines is 1. The number of rotatable bonds is 3. The molecule has 0 amide bonds. The molecule has 1 aliphatic heterocycles. The van der Waals surface area contributed by atoms with Crippen molar-refractivity contribution in [3.8, 4) is 11.5 Å². The number of hydrogen-bond acceptors (Lipinski definition) is 4. The minimum absolute atomic E-state index is 0.603. The monoisotopic (exact) mass is 403 g/mol. The molecule has 1 aliphatic rings. The first-order chi connectivity index (χ1) is 9.22. The van der Waals surface area contributed by atoms with Crippen LogP contribution in [0.4, 0.5) is 5.69 Å². The van der Waals surface area contributed by atoms with Gasteiger partial charge in [0.15, 0.2) is 11.5 Å². The van der Waals surface area contributed by atoms with Gasteiger partial charge in [-0.25, -0.2) is 0 Å². The first-order valence-corrected chi connectivity index (χ1v) is 8.25. The molecule has 0 saturated heterocycles. The van der Waals surface area contributed by atoms with Gasteiger partial charge in [-0.3, -0.25) is 0 Å². The summed E-state index contributed by atoms with van der Waals surface area (Å²) in [7, 11) is 0. The van der Waals surface area contributed by atoms with E-state index >= 15 is 0 Å². The topological polar surface area (TPSA) is 30.5 Å². The maximum Gasteiger partial charge on any atom is 0.163 e. The van der Waals surface area contributed by atoms with Crippen molar-refractivity contribution < 1.29 is 9.47 Å². The molecule has 1 aromatic heterocycles. The van der Waals surface area contributed by atoms with Gasteiger partial charge in [0.25, 0.3) is 0 Å². The SMILES string of the molecule is Brc1csc(CNc2cc3c(cc2Br)OCCO3)c1. The summed E-state index contributed by atoms with van der Waals surface area (Å²) in [5.41, 5.74) is 1.01. The van der Waals surface area contributed by atoms with Gasteiger partial charge in [0, 0.05) is 37.9 Å².